The molecule has 4 rings (SSSR count). The first-order valence-corrected chi connectivity index (χ1v) is 10.4. The molecule has 32 heavy (non-hydrogen) atoms. The summed E-state index contributed by atoms with van der Waals surface area (Å²) in [4.78, 5) is 24.4. The summed E-state index contributed by atoms with van der Waals surface area (Å²) in [5, 5.41) is 19.3. The van der Waals surface area contributed by atoms with E-state index in [0.29, 0.717) is 21.8 Å². The lowest BCUT2D eigenvalue weighted by Gasteiger charge is -2.08. The fourth-order valence-corrected chi connectivity index (χ4v) is 4.58. The molecule has 160 valence electrons. The van der Waals surface area contributed by atoms with Crippen LogP contribution in [-0.4, -0.2) is 22.0 Å². The monoisotopic (exact) mass is 448 g/mol. The molecule has 0 fully saturated rings. The van der Waals surface area contributed by atoms with E-state index >= 15 is 0 Å². The van der Waals surface area contributed by atoms with Crippen LogP contribution in [0.15, 0.2) is 73.0 Å². The maximum absolute atomic E-state index is 13.9. The lowest BCUT2D eigenvalue weighted by molar-refractivity contribution is -0.131. The number of hydrogen-bond donors (Lipinski definition) is 2. The van der Waals surface area contributed by atoms with Gasteiger partial charge >= 0.3 is 5.97 Å². The quantitative estimate of drug-likeness (QED) is 0.217. The van der Waals surface area contributed by atoms with E-state index in [-0.39, 0.29) is 17.1 Å². The van der Waals surface area contributed by atoms with Crippen molar-refractivity contribution in [2.75, 3.05) is 0 Å². The summed E-state index contributed by atoms with van der Waals surface area (Å²) in [5.41, 5.74) is 2.35. The summed E-state index contributed by atoms with van der Waals surface area (Å²) in [6.07, 6.45) is 1.95. The molecule has 0 spiro atoms. The predicted molar refractivity (Wildman–Crippen MR) is 121 cm³/mol. The topological polar surface area (TPSA) is 83.8 Å². The molecule has 0 atom stereocenters. The summed E-state index contributed by atoms with van der Waals surface area (Å²) in [6, 6.07) is 15.8. The Bertz CT molecular complexity index is 1370. The molecule has 0 bridgehead atoms. The molecule has 0 unspecified atom stereocenters. The van der Waals surface area contributed by atoms with Crippen LogP contribution >= 0.6 is 11.3 Å². The van der Waals surface area contributed by atoms with Gasteiger partial charge in [-0.25, -0.2) is 9.18 Å². The maximum Gasteiger partial charge on any atom is 0.331 e. The molecular formula is C25H17FO5S. The van der Waals surface area contributed by atoms with E-state index in [2.05, 4.69) is 0 Å². The molecule has 0 radical (unpaired) electrons. The highest BCUT2D eigenvalue weighted by Crippen LogP contribution is 2.42. The molecule has 1 heterocycles. The average Bonchev–Trinajstić information content (AvgIpc) is 3.13. The normalized spacial score (nSPS) is 11.2. The van der Waals surface area contributed by atoms with E-state index in [1.54, 1.807) is 55.5 Å². The second-order valence-corrected chi connectivity index (χ2v) is 8.11. The first-order chi connectivity index (χ1) is 15.3. The minimum atomic E-state index is -1.12. The van der Waals surface area contributed by atoms with Gasteiger partial charge in [-0.3, -0.25) is 4.79 Å². The molecule has 0 saturated carbocycles. The van der Waals surface area contributed by atoms with Gasteiger partial charge in [-0.05, 0) is 60.5 Å². The van der Waals surface area contributed by atoms with Crippen molar-refractivity contribution >= 4 is 33.2 Å². The molecule has 4 aromatic rings. The SMILES string of the molecule is Cc1ccc(F)cc1C(=O)c1sc2cc(O)ccc2c1-c1ccc(O/C=C/C(=O)O)cc1. The first-order valence-electron chi connectivity index (χ1n) is 9.56. The molecular weight excluding hydrogens is 431 g/mol. The number of rotatable bonds is 6. The zero-order valence-electron chi connectivity index (χ0n) is 16.8. The number of phenols is 1. The third-order valence-corrected chi connectivity index (χ3v) is 6.03. The third-order valence-electron chi connectivity index (χ3n) is 4.88. The van der Waals surface area contributed by atoms with E-state index in [1.165, 1.54) is 23.5 Å². The number of halogens is 1. The Kier molecular flexibility index (Phi) is 5.75. The third kappa shape index (κ3) is 4.24. The van der Waals surface area contributed by atoms with Gasteiger partial charge in [-0.1, -0.05) is 18.2 Å². The summed E-state index contributed by atoms with van der Waals surface area (Å²) in [7, 11) is 0. The van der Waals surface area contributed by atoms with Gasteiger partial charge in [0.05, 0.1) is 17.2 Å². The van der Waals surface area contributed by atoms with E-state index in [1.807, 2.05) is 0 Å². The summed E-state index contributed by atoms with van der Waals surface area (Å²) >= 11 is 1.23. The number of carbonyl (C=O) groups is 2. The fraction of sp³-hybridized carbons (Fsp3) is 0.0400. The number of ether oxygens (including phenoxy) is 1. The molecule has 0 aliphatic rings. The highest BCUT2D eigenvalue weighted by atomic mass is 32.1. The molecule has 3 aromatic carbocycles. The van der Waals surface area contributed by atoms with Gasteiger partial charge in [-0.15, -0.1) is 11.3 Å². The average molecular weight is 448 g/mol. The lowest BCUT2D eigenvalue weighted by Crippen LogP contribution is -2.04. The van der Waals surface area contributed by atoms with E-state index in [4.69, 9.17) is 9.84 Å². The minimum Gasteiger partial charge on any atom is -0.508 e. The van der Waals surface area contributed by atoms with Crippen LogP contribution in [0, 0.1) is 12.7 Å². The Morgan fingerprint density at radius 1 is 1.03 bits per heavy atom. The largest absolute Gasteiger partial charge is 0.508 e. The van der Waals surface area contributed by atoms with Crippen LogP contribution in [0.1, 0.15) is 20.8 Å². The van der Waals surface area contributed by atoms with Crippen LogP contribution in [0.2, 0.25) is 0 Å². The number of aliphatic carboxylic acids is 1. The maximum atomic E-state index is 13.9. The number of hydrogen-bond acceptors (Lipinski definition) is 5. The fourth-order valence-electron chi connectivity index (χ4n) is 3.36. The molecule has 1 aromatic heterocycles. The number of carboxylic acid groups (broad SMARTS) is 1. The van der Waals surface area contributed by atoms with Gasteiger partial charge in [0.15, 0.2) is 0 Å². The second-order valence-electron chi connectivity index (χ2n) is 7.06. The Labute approximate surface area is 186 Å². The number of carbonyl (C=O) groups excluding carboxylic acids is 1. The molecule has 0 amide bonds. The minimum absolute atomic E-state index is 0.0835. The molecule has 0 aliphatic carbocycles. The van der Waals surface area contributed by atoms with Crippen LogP contribution in [-0.2, 0) is 4.79 Å². The summed E-state index contributed by atoms with van der Waals surface area (Å²) in [6.45, 7) is 1.75. The predicted octanol–water partition coefficient (Wildman–Crippen LogP) is 5.93. The molecule has 7 heteroatoms. The number of fused-ring (bicyclic) bond motifs is 1. The Morgan fingerprint density at radius 2 is 1.78 bits per heavy atom. The van der Waals surface area contributed by atoms with Gasteiger partial charge in [0, 0.05) is 21.2 Å². The van der Waals surface area contributed by atoms with Gasteiger partial charge in [0.25, 0.3) is 0 Å². The van der Waals surface area contributed by atoms with Gasteiger partial charge in [0.2, 0.25) is 5.78 Å². The van der Waals surface area contributed by atoms with Crippen LogP contribution in [0.5, 0.6) is 11.5 Å². The van der Waals surface area contributed by atoms with E-state index in [0.717, 1.165) is 28.0 Å². The number of thiophene rings is 1. The Hall–Kier alpha value is -3.97. The number of benzene rings is 3. The molecule has 0 aliphatic heterocycles. The number of phenolic OH excluding ortho intramolecular Hbond substituents is 1. The van der Waals surface area contributed by atoms with Crippen LogP contribution in [0.4, 0.5) is 4.39 Å². The molecule has 5 nitrogen and oxygen atoms in total. The highest BCUT2D eigenvalue weighted by molar-refractivity contribution is 7.21. The molecule has 0 saturated heterocycles. The number of aromatic hydroxyl groups is 1. The number of aryl methyl sites for hydroxylation is 1. The van der Waals surface area contributed by atoms with Crippen LogP contribution in [0.3, 0.4) is 0 Å². The zero-order chi connectivity index (χ0) is 22.8. The number of carboxylic acids is 1. The summed E-state index contributed by atoms with van der Waals surface area (Å²) < 4.78 is 19.9. The van der Waals surface area contributed by atoms with Crippen molar-refractivity contribution in [3.8, 4) is 22.6 Å². The van der Waals surface area contributed by atoms with Gasteiger partial charge in [-0.2, -0.15) is 0 Å². The Balaban J connectivity index is 1.82. The van der Waals surface area contributed by atoms with Crippen molar-refractivity contribution < 1.29 is 28.9 Å². The van der Waals surface area contributed by atoms with Crippen molar-refractivity contribution in [2.45, 2.75) is 6.92 Å². The van der Waals surface area contributed by atoms with Crippen molar-refractivity contribution in [3.63, 3.8) is 0 Å². The Morgan fingerprint density at radius 3 is 2.50 bits per heavy atom. The highest BCUT2D eigenvalue weighted by Gasteiger charge is 2.23. The van der Waals surface area contributed by atoms with Crippen molar-refractivity contribution in [3.05, 3.63) is 94.8 Å². The van der Waals surface area contributed by atoms with Gasteiger partial charge in [0.1, 0.15) is 17.3 Å². The van der Waals surface area contributed by atoms with Gasteiger partial charge < -0.3 is 14.9 Å². The van der Waals surface area contributed by atoms with E-state index < -0.39 is 11.8 Å². The standard InChI is InChI=1S/C25H17FO5S/c1-14-2-5-16(26)12-20(14)24(30)25-23(19-9-6-17(27)13-21(19)32-25)15-3-7-18(8-4-15)31-11-10-22(28)29/h2-13,27H,1H3,(H,28,29)/b11-10+. The van der Waals surface area contributed by atoms with Crippen LogP contribution in [0.25, 0.3) is 21.2 Å². The summed E-state index contributed by atoms with van der Waals surface area (Å²) in [5.74, 6) is -1.40. The van der Waals surface area contributed by atoms with Crippen molar-refractivity contribution in [1.29, 1.82) is 0 Å². The lowest BCUT2D eigenvalue weighted by atomic mass is 9.96. The first kappa shape index (κ1) is 21.3. The smallest absolute Gasteiger partial charge is 0.331 e. The van der Waals surface area contributed by atoms with Crippen molar-refractivity contribution in [2.24, 2.45) is 0 Å². The van der Waals surface area contributed by atoms with E-state index in [9.17, 15) is 19.1 Å². The number of ketones is 1. The second kappa shape index (κ2) is 8.64. The van der Waals surface area contributed by atoms with Crippen molar-refractivity contribution in [1.82, 2.24) is 0 Å². The van der Waals surface area contributed by atoms with Crippen LogP contribution < -0.4 is 4.74 Å². The zero-order valence-corrected chi connectivity index (χ0v) is 17.7. The molecule has 2 N–H and O–H groups in total.